The maximum atomic E-state index is 12.3. The summed E-state index contributed by atoms with van der Waals surface area (Å²) in [7, 11) is 0. The predicted molar refractivity (Wildman–Crippen MR) is 108 cm³/mol. The lowest BCUT2D eigenvalue weighted by atomic mass is 9.85. The third-order valence-electron chi connectivity index (χ3n) is 4.34. The minimum absolute atomic E-state index is 0.0149. The fraction of sp³-hybridized carbons (Fsp3) is 0.261. The van der Waals surface area contributed by atoms with E-state index in [0.29, 0.717) is 0 Å². The molecule has 3 aromatic carbocycles. The van der Waals surface area contributed by atoms with Crippen molar-refractivity contribution in [2.75, 3.05) is 11.9 Å². The van der Waals surface area contributed by atoms with Crippen molar-refractivity contribution in [3.05, 3.63) is 71.8 Å². The van der Waals surface area contributed by atoms with Crippen LogP contribution in [0.15, 0.2) is 60.7 Å². The highest BCUT2D eigenvalue weighted by atomic mass is 16.5. The molecule has 134 valence electrons. The fourth-order valence-electron chi connectivity index (χ4n) is 2.96. The second-order valence-electron chi connectivity index (χ2n) is 7.65. The van der Waals surface area contributed by atoms with Crippen molar-refractivity contribution in [3.63, 3.8) is 0 Å². The van der Waals surface area contributed by atoms with Gasteiger partial charge in [0.15, 0.2) is 6.61 Å². The normalized spacial score (nSPS) is 11.4. The number of fused-ring (bicyclic) bond motifs is 1. The van der Waals surface area contributed by atoms with Crippen molar-refractivity contribution in [1.29, 1.82) is 0 Å². The van der Waals surface area contributed by atoms with E-state index in [9.17, 15) is 4.79 Å². The van der Waals surface area contributed by atoms with E-state index in [1.807, 2.05) is 48.5 Å². The Morgan fingerprint density at radius 1 is 0.962 bits per heavy atom. The lowest BCUT2D eigenvalue weighted by Gasteiger charge is -2.23. The van der Waals surface area contributed by atoms with Gasteiger partial charge in [-0.15, -0.1) is 0 Å². The van der Waals surface area contributed by atoms with Gasteiger partial charge in [-0.2, -0.15) is 0 Å². The Morgan fingerprint density at radius 3 is 2.42 bits per heavy atom. The van der Waals surface area contributed by atoms with Crippen molar-refractivity contribution in [2.45, 2.75) is 33.1 Å². The average molecular weight is 347 g/mol. The van der Waals surface area contributed by atoms with Gasteiger partial charge in [0.2, 0.25) is 0 Å². The molecule has 1 N–H and O–H groups in total. The molecule has 3 nitrogen and oxygen atoms in total. The van der Waals surface area contributed by atoms with E-state index in [0.717, 1.165) is 27.8 Å². The maximum absolute atomic E-state index is 12.3. The van der Waals surface area contributed by atoms with E-state index in [1.165, 1.54) is 5.56 Å². The molecule has 1 amide bonds. The Hall–Kier alpha value is -2.81. The topological polar surface area (TPSA) is 38.3 Å². The molecular weight excluding hydrogens is 322 g/mol. The summed E-state index contributed by atoms with van der Waals surface area (Å²) < 4.78 is 5.83. The van der Waals surface area contributed by atoms with Gasteiger partial charge >= 0.3 is 0 Å². The molecule has 0 saturated heterocycles. The van der Waals surface area contributed by atoms with E-state index in [-0.39, 0.29) is 17.9 Å². The Morgan fingerprint density at radius 2 is 1.69 bits per heavy atom. The molecule has 0 unspecified atom stereocenters. The molecule has 26 heavy (non-hydrogen) atoms. The number of carbonyl (C=O) groups is 1. The Balaban J connectivity index is 1.69. The summed E-state index contributed by atoms with van der Waals surface area (Å²) in [5.41, 5.74) is 3.02. The third-order valence-corrected chi connectivity index (χ3v) is 4.34. The third kappa shape index (κ3) is 4.23. The highest BCUT2D eigenvalue weighted by molar-refractivity contribution is 5.95. The molecule has 0 fully saturated rings. The van der Waals surface area contributed by atoms with Crippen LogP contribution in [-0.2, 0) is 10.2 Å². The molecule has 0 aromatic heterocycles. The van der Waals surface area contributed by atoms with Crippen LogP contribution >= 0.6 is 0 Å². The Bertz CT molecular complexity index is 938. The maximum Gasteiger partial charge on any atom is 0.262 e. The van der Waals surface area contributed by atoms with Gasteiger partial charge in [-0.05, 0) is 46.9 Å². The number of nitrogens with one attached hydrogen (secondary N) is 1. The number of aryl methyl sites for hydroxylation is 1. The molecular formula is C23H25NO2. The Kier molecular flexibility index (Phi) is 4.99. The van der Waals surface area contributed by atoms with E-state index < -0.39 is 0 Å². The van der Waals surface area contributed by atoms with Gasteiger partial charge in [0.25, 0.3) is 5.91 Å². The quantitative estimate of drug-likeness (QED) is 0.680. The van der Waals surface area contributed by atoms with Crippen molar-refractivity contribution in [1.82, 2.24) is 0 Å². The summed E-state index contributed by atoms with van der Waals surface area (Å²) in [4.78, 5) is 12.3. The van der Waals surface area contributed by atoms with Gasteiger partial charge in [0, 0.05) is 5.69 Å². The highest BCUT2D eigenvalue weighted by Gasteiger charge is 2.19. The van der Waals surface area contributed by atoms with Crippen LogP contribution in [0.1, 0.15) is 31.9 Å². The number of benzene rings is 3. The summed E-state index contributed by atoms with van der Waals surface area (Å²) in [6.07, 6.45) is 0. The van der Waals surface area contributed by atoms with Crippen molar-refractivity contribution >= 4 is 22.4 Å². The molecule has 3 rings (SSSR count). The molecule has 0 aliphatic heterocycles. The van der Waals surface area contributed by atoms with Crippen molar-refractivity contribution in [2.24, 2.45) is 0 Å². The molecule has 0 atom stereocenters. The summed E-state index contributed by atoms with van der Waals surface area (Å²) in [5, 5.41) is 5.16. The molecule has 0 saturated carbocycles. The molecule has 3 heteroatoms. The molecule has 0 radical (unpaired) electrons. The van der Waals surface area contributed by atoms with Gasteiger partial charge < -0.3 is 10.1 Å². The molecule has 0 heterocycles. The van der Waals surface area contributed by atoms with Gasteiger partial charge in [-0.3, -0.25) is 4.79 Å². The smallest absolute Gasteiger partial charge is 0.262 e. The van der Waals surface area contributed by atoms with Gasteiger partial charge in [0.05, 0.1) is 0 Å². The first-order valence-electron chi connectivity index (χ1n) is 8.85. The van der Waals surface area contributed by atoms with Crippen LogP contribution in [-0.4, -0.2) is 12.5 Å². The molecule has 0 aliphatic rings. The minimum atomic E-state index is -0.166. The molecule has 0 bridgehead atoms. The number of amides is 1. The lowest BCUT2D eigenvalue weighted by Crippen LogP contribution is -2.22. The zero-order valence-corrected chi connectivity index (χ0v) is 15.8. The first kappa shape index (κ1) is 18.0. The standard InChI is InChI=1S/C23H25NO2/c1-16-9-12-21(20(13-16)23(2,3)4)26-15-22(25)24-19-11-10-17-7-5-6-8-18(17)14-19/h5-14H,15H2,1-4H3,(H,24,25). The van der Waals surface area contributed by atoms with Crippen LogP contribution in [0.25, 0.3) is 10.8 Å². The van der Waals surface area contributed by atoms with Gasteiger partial charge in [-0.25, -0.2) is 0 Å². The largest absolute Gasteiger partial charge is 0.483 e. The monoisotopic (exact) mass is 347 g/mol. The number of hydrogen-bond donors (Lipinski definition) is 1. The minimum Gasteiger partial charge on any atom is -0.483 e. The fourth-order valence-corrected chi connectivity index (χ4v) is 2.96. The molecule has 3 aromatic rings. The first-order chi connectivity index (χ1) is 12.3. The number of ether oxygens (including phenoxy) is 1. The number of anilines is 1. The second kappa shape index (κ2) is 7.20. The van der Waals surface area contributed by atoms with Gasteiger partial charge in [-0.1, -0.05) is 68.8 Å². The number of hydrogen-bond acceptors (Lipinski definition) is 2. The summed E-state index contributed by atoms with van der Waals surface area (Å²) in [5.74, 6) is 0.595. The Labute approximate surface area is 155 Å². The van der Waals surface area contributed by atoms with Crippen LogP contribution < -0.4 is 10.1 Å². The summed E-state index contributed by atoms with van der Waals surface area (Å²) in [6, 6.07) is 20.0. The van der Waals surface area contributed by atoms with E-state index in [1.54, 1.807) is 0 Å². The van der Waals surface area contributed by atoms with Crippen molar-refractivity contribution < 1.29 is 9.53 Å². The van der Waals surface area contributed by atoms with Crippen LogP contribution in [0.4, 0.5) is 5.69 Å². The SMILES string of the molecule is Cc1ccc(OCC(=O)Nc2ccc3ccccc3c2)c(C(C)(C)C)c1. The lowest BCUT2D eigenvalue weighted by molar-refractivity contribution is -0.118. The summed E-state index contributed by atoms with van der Waals surface area (Å²) >= 11 is 0. The molecule has 0 aliphatic carbocycles. The van der Waals surface area contributed by atoms with E-state index in [2.05, 4.69) is 45.1 Å². The van der Waals surface area contributed by atoms with Gasteiger partial charge in [0.1, 0.15) is 5.75 Å². The zero-order chi connectivity index (χ0) is 18.7. The van der Waals surface area contributed by atoms with E-state index >= 15 is 0 Å². The number of carbonyl (C=O) groups excluding carboxylic acids is 1. The van der Waals surface area contributed by atoms with Crippen LogP contribution in [0.5, 0.6) is 5.75 Å². The van der Waals surface area contributed by atoms with Crippen LogP contribution in [0.2, 0.25) is 0 Å². The second-order valence-corrected chi connectivity index (χ2v) is 7.65. The van der Waals surface area contributed by atoms with E-state index in [4.69, 9.17) is 4.74 Å². The number of rotatable bonds is 4. The van der Waals surface area contributed by atoms with Crippen molar-refractivity contribution in [3.8, 4) is 5.75 Å². The first-order valence-corrected chi connectivity index (χ1v) is 8.85. The highest BCUT2D eigenvalue weighted by Crippen LogP contribution is 2.32. The van der Waals surface area contributed by atoms with Crippen LogP contribution in [0, 0.1) is 6.92 Å². The average Bonchev–Trinajstić information content (AvgIpc) is 2.60. The molecule has 0 spiro atoms. The summed E-state index contributed by atoms with van der Waals surface area (Å²) in [6.45, 7) is 8.47. The van der Waals surface area contributed by atoms with Crippen LogP contribution in [0.3, 0.4) is 0 Å². The predicted octanol–water partition coefficient (Wildman–Crippen LogP) is 5.46. The zero-order valence-electron chi connectivity index (χ0n) is 15.8.